The van der Waals surface area contributed by atoms with Crippen molar-refractivity contribution in [3.63, 3.8) is 0 Å². The molecule has 1 aliphatic heterocycles. The molecule has 0 saturated carbocycles. The van der Waals surface area contributed by atoms with E-state index in [4.69, 9.17) is 9.47 Å². The van der Waals surface area contributed by atoms with Gasteiger partial charge in [-0.3, -0.25) is 9.59 Å². The molecule has 0 unspecified atom stereocenters. The molecule has 3 rings (SSSR count). The van der Waals surface area contributed by atoms with E-state index < -0.39 is 17.7 Å². The lowest BCUT2D eigenvalue weighted by atomic mass is 9.94. The SMILES string of the molecule is COCCCN1C(=O)C(=O)/C(=C(/O)c2ccc(OCC(C)C)c(C)c2)[C@@H]1c1ccc(C)cc1. The maximum absolute atomic E-state index is 13.1. The molecular formula is C27H33NO5. The highest BCUT2D eigenvalue weighted by Gasteiger charge is 2.45. The van der Waals surface area contributed by atoms with Crippen molar-refractivity contribution in [2.75, 3.05) is 26.9 Å². The number of carbonyl (C=O) groups is 2. The number of nitrogens with zero attached hydrogens (tertiary/aromatic N) is 1. The van der Waals surface area contributed by atoms with Crippen LogP contribution in [0.25, 0.3) is 5.76 Å². The Labute approximate surface area is 195 Å². The van der Waals surface area contributed by atoms with Gasteiger partial charge in [0.25, 0.3) is 11.7 Å². The predicted octanol–water partition coefficient (Wildman–Crippen LogP) is 4.80. The van der Waals surface area contributed by atoms with Crippen LogP contribution in [0, 0.1) is 19.8 Å². The first-order valence-corrected chi connectivity index (χ1v) is 11.3. The zero-order valence-electron chi connectivity index (χ0n) is 20.1. The Hall–Kier alpha value is -3.12. The summed E-state index contributed by atoms with van der Waals surface area (Å²) in [6.07, 6.45) is 0.590. The fraction of sp³-hybridized carbons (Fsp3) is 0.407. The number of rotatable bonds is 9. The third-order valence-corrected chi connectivity index (χ3v) is 5.70. The summed E-state index contributed by atoms with van der Waals surface area (Å²) in [6.45, 7) is 9.44. The van der Waals surface area contributed by atoms with Crippen LogP contribution in [0.4, 0.5) is 0 Å². The third kappa shape index (κ3) is 5.45. The van der Waals surface area contributed by atoms with E-state index in [2.05, 4.69) is 13.8 Å². The van der Waals surface area contributed by atoms with Crippen molar-refractivity contribution in [3.8, 4) is 5.75 Å². The molecule has 6 nitrogen and oxygen atoms in total. The maximum Gasteiger partial charge on any atom is 0.295 e. The van der Waals surface area contributed by atoms with E-state index in [0.29, 0.717) is 37.7 Å². The molecule has 1 aliphatic rings. The fourth-order valence-corrected chi connectivity index (χ4v) is 3.96. The van der Waals surface area contributed by atoms with Crippen molar-refractivity contribution in [3.05, 3.63) is 70.3 Å². The number of hydrogen-bond acceptors (Lipinski definition) is 5. The van der Waals surface area contributed by atoms with Gasteiger partial charge in [-0.2, -0.15) is 0 Å². The van der Waals surface area contributed by atoms with E-state index in [1.165, 1.54) is 4.90 Å². The monoisotopic (exact) mass is 451 g/mol. The minimum absolute atomic E-state index is 0.108. The first-order chi connectivity index (χ1) is 15.7. The molecule has 1 heterocycles. The molecule has 33 heavy (non-hydrogen) atoms. The first kappa shape index (κ1) is 24.5. The molecule has 1 fully saturated rings. The Morgan fingerprint density at radius 1 is 1.09 bits per heavy atom. The number of ether oxygens (including phenoxy) is 2. The van der Waals surface area contributed by atoms with Crippen LogP contribution in [-0.4, -0.2) is 48.6 Å². The van der Waals surface area contributed by atoms with Gasteiger partial charge in [0.15, 0.2) is 0 Å². The molecule has 6 heteroatoms. The summed E-state index contributed by atoms with van der Waals surface area (Å²) in [4.78, 5) is 27.5. The predicted molar refractivity (Wildman–Crippen MR) is 128 cm³/mol. The second kappa shape index (κ2) is 10.7. The molecule has 176 valence electrons. The number of carbonyl (C=O) groups excluding carboxylic acids is 2. The Kier molecular flexibility index (Phi) is 7.92. The summed E-state index contributed by atoms with van der Waals surface area (Å²) in [5, 5.41) is 11.2. The molecule has 0 spiro atoms. The normalized spacial score (nSPS) is 17.8. The molecule has 0 aromatic heterocycles. The Morgan fingerprint density at radius 3 is 2.39 bits per heavy atom. The number of ketones is 1. The molecular weight excluding hydrogens is 418 g/mol. The number of hydrogen-bond donors (Lipinski definition) is 1. The average Bonchev–Trinajstić information content (AvgIpc) is 3.03. The minimum atomic E-state index is -0.673. The highest BCUT2D eigenvalue weighted by Crippen LogP contribution is 2.40. The van der Waals surface area contributed by atoms with Crippen LogP contribution in [0.3, 0.4) is 0 Å². The van der Waals surface area contributed by atoms with Crippen molar-refractivity contribution >= 4 is 17.4 Å². The van der Waals surface area contributed by atoms with Crippen molar-refractivity contribution < 1.29 is 24.2 Å². The fourth-order valence-electron chi connectivity index (χ4n) is 3.96. The van der Waals surface area contributed by atoms with Gasteiger partial charge in [-0.15, -0.1) is 0 Å². The number of Topliss-reactive ketones (excluding diaryl/α,β-unsaturated/α-hetero) is 1. The molecule has 1 N–H and O–H groups in total. The van der Waals surface area contributed by atoms with E-state index in [0.717, 1.165) is 22.4 Å². The van der Waals surface area contributed by atoms with E-state index in [1.807, 2.05) is 38.1 Å². The molecule has 2 aromatic carbocycles. The number of aliphatic hydroxyl groups excluding tert-OH is 1. The number of benzene rings is 2. The van der Waals surface area contributed by atoms with Crippen molar-refractivity contribution in [1.82, 2.24) is 4.90 Å². The number of aryl methyl sites for hydroxylation is 2. The van der Waals surface area contributed by atoms with Crippen molar-refractivity contribution in [2.24, 2.45) is 5.92 Å². The number of likely N-dealkylation sites (tertiary alicyclic amines) is 1. The van der Waals surface area contributed by atoms with E-state index in [-0.39, 0.29) is 11.3 Å². The summed E-state index contributed by atoms with van der Waals surface area (Å²) in [5.74, 6) is -0.330. The molecule has 0 aliphatic carbocycles. The van der Waals surface area contributed by atoms with Crippen molar-refractivity contribution in [2.45, 2.75) is 40.2 Å². The molecule has 1 saturated heterocycles. The smallest absolute Gasteiger partial charge is 0.295 e. The number of methoxy groups -OCH3 is 1. The lowest BCUT2D eigenvalue weighted by molar-refractivity contribution is -0.140. The van der Waals surface area contributed by atoms with Gasteiger partial charge < -0.3 is 19.5 Å². The summed E-state index contributed by atoms with van der Waals surface area (Å²) in [7, 11) is 1.60. The summed E-state index contributed by atoms with van der Waals surface area (Å²) in [6, 6.07) is 12.3. The molecule has 0 radical (unpaired) electrons. The summed E-state index contributed by atoms with van der Waals surface area (Å²) in [5.41, 5.74) is 3.30. The standard InChI is InChI=1S/C27H33NO5/c1-17(2)16-33-22-12-11-21(15-19(22)4)25(29)23-24(20-9-7-18(3)8-10-20)28(13-6-14-32-5)27(31)26(23)30/h7-12,15,17,24,29H,6,13-14,16H2,1-5H3/b25-23+/t24-/m0/s1. The first-order valence-electron chi connectivity index (χ1n) is 11.3. The second-order valence-electron chi connectivity index (χ2n) is 8.93. The number of aliphatic hydroxyl groups is 1. The van der Waals surface area contributed by atoms with Crippen LogP contribution < -0.4 is 4.74 Å². The van der Waals surface area contributed by atoms with E-state index in [1.54, 1.807) is 25.3 Å². The van der Waals surface area contributed by atoms with Crippen LogP contribution >= 0.6 is 0 Å². The topological polar surface area (TPSA) is 76.1 Å². The van der Waals surface area contributed by atoms with Gasteiger partial charge >= 0.3 is 0 Å². The van der Waals surface area contributed by atoms with E-state index in [9.17, 15) is 14.7 Å². The molecule has 2 aromatic rings. The lowest BCUT2D eigenvalue weighted by Crippen LogP contribution is -2.31. The van der Waals surface area contributed by atoms with Gasteiger partial charge in [0.2, 0.25) is 0 Å². The zero-order chi connectivity index (χ0) is 24.1. The number of amides is 1. The van der Waals surface area contributed by atoms with Crippen LogP contribution in [0.15, 0.2) is 48.0 Å². The van der Waals surface area contributed by atoms with Crippen LogP contribution in [0.5, 0.6) is 5.75 Å². The molecule has 1 atom stereocenters. The third-order valence-electron chi connectivity index (χ3n) is 5.70. The zero-order valence-corrected chi connectivity index (χ0v) is 20.1. The van der Waals surface area contributed by atoms with Gasteiger partial charge in [-0.05, 0) is 55.5 Å². The average molecular weight is 452 g/mol. The molecule has 1 amide bonds. The van der Waals surface area contributed by atoms with Crippen LogP contribution in [-0.2, 0) is 14.3 Å². The largest absolute Gasteiger partial charge is 0.507 e. The van der Waals surface area contributed by atoms with E-state index >= 15 is 0 Å². The van der Waals surface area contributed by atoms with Crippen LogP contribution in [0.2, 0.25) is 0 Å². The highest BCUT2D eigenvalue weighted by atomic mass is 16.5. The Balaban J connectivity index is 2.04. The van der Waals surface area contributed by atoms with Crippen LogP contribution in [0.1, 0.15) is 48.6 Å². The van der Waals surface area contributed by atoms with Crippen molar-refractivity contribution in [1.29, 1.82) is 0 Å². The Morgan fingerprint density at radius 2 is 1.79 bits per heavy atom. The van der Waals surface area contributed by atoms with Gasteiger partial charge in [0, 0.05) is 25.8 Å². The van der Waals surface area contributed by atoms with Gasteiger partial charge in [-0.25, -0.2) is 0 Å². The van der Waals surface area contributed by atoms with Gasteiger partial charge in [0.05, 0.1) is 18.2 Å². The van der Waals surface area contributed by atoms with Gasteiger partial charge in [0.1, 0.15) is 11.5 Å². The Bertz CT molecular complexity index is 1040. The maximum atomic E-state index is 13.1. The second-order valence-corrected chi connectivity index (χ2v) is 8.93. The highest BCUT2D eigenvalue weighted by molar-refractivity contribution is 6.46. The quantitative estimate of drug-likeness (QED) is 0.257. The summed E-state index contributed by atoms with van der Waals surface area (Å²) >= 11 is 0. The lowest BCUT2D eigenvalue weighted by Gasteiger charge is -2.25. The summed E-state index contributed by atoms with van der Waals surface area (Å²) < 4.78 is 11.0. The van der Waals surface area contributed by atoms with Gasteiger partial charge in [-0.1, -0.05) is 43.7 Å². The minimum Gasteiger partial charge on any atom is -0.507 e. The molecule has 0 bridgehead atoms.